The summed E-state index contributed by atoms with van der Waals surface area (Å²) in [5, 5.41) is -1.25. The van der Waals surface area contributed by atoms with E-state index in [1.807, 2.05) is 20.8 Å². The van der Waals surface area contributed by atoms with Crippen LogP contribution in [0.3, 0.4) is 0 Å². The molecule has 1 fully saturated rings. The summed E-state index contributed by atoms with van der Waals surface area (Å²) in [7, 11) is -1.00. The van der Waals surface area contributed by atoms with Gasteiger partial charge in [0, 0.05) is 43.1 Å². The zero-order valence-electron chi connectivity index (χ0n) is 23.2. The largest absolute Gasteiger partial charge is 0.497 e. The van der Waals surface area contributed by atoms with E-state index in [-0.39, 0.29) is 37.4 Å². The lowest BCUT2D eigenvalue weighted by atomic mass is 9.95. The standard InChI is InChI=1S/C28H34F3N3O5S/c1-27(2,3)26-32-21-16-20(9-10-22(21)34(26)13-6-12-28(29,30)31)40(36,37)24-11-14-33(25(24)35)17-18-7-8-19(38-4)15-23(18)39-5/h7-10,15-16,24H,6,11-14,17H2,1-5H3. The van der Waals surface area contributed by atoms with Crippen molar-refractivity contribution < 1.29 is 35.9 Å². The number of nitrogens with zero attached hydrogens (tertiary/aromatic N) is 3. The molecule has 1 amide bonds. The second-order valence-electron chi connectivity index (χ2n) is 11.0. The van der Waals surface area contributed by atoms with Gasteiger partial charge in [0.05, 0.1) is 30.1 Å². The van der Waals surface area contributed by atoms with E-state index in [1.165, 1.54) is 31.3 Å². The van der Waals surface area contributed by atoms with Crippen molar-refractivity contribution in [1.82, 2.24) is 14.5 Å². The van der Waals surface area contributed by atoms with Crippen LogP contribution in [-0.2, 0) is 33.1 Å². The number of methoxy groups -OCH3 is 2. The fourth-order valence-electron chi connectivity index (χ4n) is 5.03. The molecule has 12 heteroatoms. The van der Waals surface area contributed by atoms with Crippen molar-refractivity contribution in [3.05, 3.63) is 47.8 Å². The number of sulfone groups is 1. The van der Waals surface area contributed by atoms with Crippen LogP contribution >= 0.6 is 0 Å². The number of aromatic nitrogens is 2. The minimum atomic E-state index is -4.26. The van der Waals surface area contributed by atoms with E-state index >= 15 is 0 Å². The maximum Gasteiger partial charge on any atom is 0.389 e. The third-order valence-corrected chi connectivity index (χ3v) is 9.14. The summed E-state index contributed by atoms with van der Waals surface area (Å²) in [5.74, 6) is 1.20. The minimum absolute atomic E-state index is 0.0392. The molecular weight excluding hydrogens is 547 g/mol. The molecule has 2 heterocycles. The molecule has 0 N–H and O–H groups in total. The fourth-order valence-corrected chi connectivity index (χ4v) is 6.72. The van der Waals surface area contributed by atoms with Crippen LogP contribution < -0.4 is 9.47 Å². The van der Waals surface area contributed by atoms with Gasteiger partial charge in [-0.25, -0.2) is 13.4 Å². The smallest absolute Gasteiger partial charge is 0.389 e. The number of imidazole rings is 1. The molecular formula is C28H34F3N3O5S. The summed E-state index contributed by atoms with van der Waals surface area (Å²) >= 11 is 0. The number of fused-ring (bicyclic) bond motifs is 1. The number of aryl methyl sites for hydroxylation is 1. The maximum atomic E-state index is 13.6. The summed E-state index contributed by atoms with van der Waals surface area (Å²) in [4.78, 5) is 19.4. The number of benzene rings is 2. The number of hydrogen-bond acceptors (Lipinski definition) is 6. The molecule has 218 valence electrons. The van der Waals surface area contributed by atoms with E-state index < -0.39 is 39.0 Å². The number of carbonyl (C=O) groups excluding carboxylic acids is 1. The van der Waals surface area contributed by atoms with Crippen LogP contribution in [0.4, 0.5) is 13.2 Å². The predicted molar refractivity (Wildman–Crippen MR) is 144 cm³/mol. The summed E-state index contributed by atoms with van der Waals surface area (Å²) in [5.41, 5.74) is 1.16. The zero-order valence-corrected chi connectivity index (χ0v) is 24.0. The van der Waals surface area contributed by atoms with Crippen molar-refractivity contribution in [2.24, 2.45) is 0 Å². The quantitative estimate of drug-likeness (QED) is 0.342. The summed E-state index contributed by atoms with van der Waals surface area (Å²) in [6.07, 6.45) is -5.18. The highest BCUT2D eigenvalue weighted by Crippen LogP contribution is 2.33. The van der Waals surface area contributed by atoms with Crippen molar-refractivity contribution >= 4 is 26.8 Å². The van der Waals surface area contributed by atoms with Crippen molar-refractivity contribution in [3.8, 4) is 11.5 Å². The Hall–Kier alpha value is -3.28. The second-order valence-corrected chi connectivity index (χ2v) is 13.1. The monoisotopic (exact) mass is 581 g/mol. The van der Waals surface area contributed by atoms with Crippen LogP contribution in [0.1, 0.15) is 51.4 Å². The fraction of sp³-hybridized carbons (Fsp3) is 0.500. The molecule has 1 aliphatic rings. The third kappa shape index (κ3) is 6.06. The molecule has 1 aromatic heterocycles. The first-order chi connectivity index (χ1) is 18.7. The highest BCUT2D eigenvalue weighted by molar-refractivity contribution is 7.92. The summed E-state index contributed by atoms with van der Waals surface area (Å²) in [6, 6.07) is 9.62. The van der Waals surface area contributed by atoms with E-state index in [4.69, 9.17) is 9.47 Å². The maximum absolute atomic E-state index is 13.6. The average molecular weight is 582 g/mol. The van der Waals surface area contributed by atoms with E-state index in [2.05, 4.69) is 4.98 Å². The molecule has 0 spiro atoms. The van der Waals surface area contributed by atoms with Crippen LogP contribution in [0.5, 0.6) is 11.5 Å². The molecule has 4 rings (SSSR count). The van der Waals surface area contributed by atoms with Gasteiger partial charge in [-0.15, -0.1) is 0 Å². The number of ether oxygens (including phenoxy) is 2. The molecule has 3 aromatic rings. The highest BCUT2D eigenvalue weighted by atomic mass is 32.2. The Labute approximate surface area is 232 Å². The van der Waals surface area contributed by atoms with Crippen molar-refractivity contribution in [3.63, 3.8) is 0 Å². The van der Waals surface area contributed by atoms with Crippen LogP contribution in [0, 0.1) is 0 Å². The molecule has 0 radical (unpaired) electrons. The molecule has 1 atom stereocenters. The lowest BCUT2D eigenvalue weighted by molar-refractivity contribution is -0.136. The molecule has 0 saturated carbocycles. The lowest BCUT2D eigenvalue weighted by Gasteiger charge is -2.20. The van der Waals surface area contributed by atoms with Gasteiger partial charge in [0.1, 0.15) is 22.6 Å². The van der Waals surface area contributed by atoms with Gasteiger partial charge >= 0.3 is 6.18 Å². The van der Waals surface area contributed by atoms with Crippen molar-refractivity contribution in [2.45, 2.75) is 74.9 Å². The number of carbonyl (C=O) groups is 1. The van der Waals surface area contributed by atoms with Gasteiger partial charge in [-0.3, -0.25) is 4.79 Å². The number of alkyl halides is 3. The van der Waals surface area contributed by atoms with E-state index in [0.29, 0.717) is 28.4 Å². The van der Waals surface area contributed by atoms with Gasteiger partial charge in [-0.05, 0) is 43.2 Å². The second kappa shape index (κ2) is 10.9. The number of hydrogen-bond donors (Lipinski definition) is 0. The van der Waals surface area contributed by atoms with E-state index in [1.54, 1.807) is 28.8 Å². The topological polar surface area (TPSA) is 90.7 Å². The first-order valence-corrected chi connectivity index (χ1v) is 14.5. The van der Waals surface area contributed by atoms with Gasteiger partial charge in [-0.2, -0.15) is 13.2 Å². The molecule has 1 aliphatic heterocycles. The Bertz CT molecular complexity index is 1510. The van der Waals surface area contributed by atoms with Gasteiger partial charge in [0.25, 0.3) is 0 Å². The normalized spacial score (nSPS) is 16.6. The SMILES string of the molecule is COc1ccc(CN2CCC(S(=O)(=O)c3ccc4c(c3)nc(C(C)(C)C)n4CCCC(F)(F)F)C2=O)c(OC)c1. The van der Waals surface area contributed by atoms with Gasteiger partial charge < -0.3 is 18.9 Å². The van der Waals surface area contributed by atoms with Crippen LogP contribution in [0.25, 0.3) is 11.0 Å². The molecule has 1 unspecified atom stereocenters. The van der Waals surface area contributed by atoms with Gasteiger partial charge in [0.2, 0.25) is 5.91 Å². The Balaban J connectivity index is 1.60. The molecule has 0 bridgehead atoms. The first-order valence-electron chi connectivity index (χ1n) is 13.0. The third-order valence-electron chi connectivity index (χ3n) is 7.04. The Kier molecular flexibility index (Phi) is 8.13. The summed E-state index contributed by atoms with van der Waals surface area (Å²) < 4.78 is 77.9. The molecule has 8 nitrogen and oxygen atoms in total. The summed E-state index contributed by atoms with van der Waals surface area (Å²) in [6.45, 7) is 6.25. The van der Waals surface area contributed by atoms with Crippen LogP contribution in [0.2, 0.25) is 0 Å². The number of likely N-dealkylation sites (tertiary alicyclic amines) is 1. The number of rotatable bonds is 9. The Morgan fingerprint density at radius 2 is 1.77 bits per heavy atom. The number of amides is 1. The molecule has 1 saturated heterocycles. The highest BCUT2D eigenvalue weighted by Gasteiger charge is 2.42. The predicted octanol–water partition coefficient (Wildman–Crippen LogP) is 5.27. The van der Waals surface area contributed by atoms with Crippen molar-refractivity contribution in [1.29, 1.82) is 0 Å². The average Bonchev–Trinajstić information content (AvgIpc) is 3.44. The minimum Gasteiger partial charge on any atom is -0.497 e. The molecule has 40 heavy (non-hydrogen) atoms. The number of halogens is 3. The Morgan fingerprint density at radius 3 is 2.40 bits per heavy atom. The molecule has 2 aromatic carbocycles. The van der Waals surface area contributed by atoms with E-state index in [9.17, 15) is 26.4 Å². The Morgan fingerprint density at radius 1 is 1.05 bits per heavy atom. The van der Waals surface area contributed by atoms with Crippen LogP contribution in [-0.4, -0.2) is 61.0 Å². The lowest BCUT2D eigenvalue weighted by Crippen LogP contribution is -2.33. The van der Waals surface area contributed by atoms with Gasteiger partial charge in [-0.1, -0.05) is 20.8 Å². The van der Waals surface area contributed by atoms with Crippen LogP contribution in [0.15, 0.2) is 41.3 Å². The first kappa shape index (κ1) is 29.7. The van der Waals surface area contributed by atoms with Crippen molar-refractivity contribution in [2.75, 3.05) is 20.8 Å². The van der Waals surface area contributed by atoms with E-state index in [0.717, 1.165) is 5.56 Å². The zero-order chi connectivity index (χ0) is 29.5. The van der Waals surface area contributed by atoms with Gasteiger partial charge in [0.15, 0.2) is 9.84 Å². The molecule has 0 aliphatic carbocycles.